The Labute approximate surface area is 833 Å². The molecule has 0 spiro atoms. The maximum absolute atomic E-state index is 13.2. The molecule has 3 amide bonds. The number of ketones is 2. The molecule has 6 aromatic heterocycles. The Morgan fingerprint density at radius 3 is 1.18 bits per heavy atom. The van der Waals surface area contributed by atoms with Crippen LogP contribution in [0.25, 0.3) is 0 Å². The van der Waals surface area contributed by atoms with Crippen LogP contribution >= 0.6 is 128 Å². The highest BCUT2D eigenvalue weighted by Crippen LogP contribution is 2.44. The van der Waals surface area contributed by atoms with Gasteiger partial charge in [0, 0.05) is 90.5 Å². The Hall–Kier alpha value is -9.58. The molecule has 13 rings (SSSR count). The smallest absolute Gasteiger partial charge is 0.408 e. The van der Waals surface area contributed by atoms with E-state index in [0.29, 0.717) is 113 Å². The van der Waals surface area contributed by atoms with Crippen LogP contribution < -0.4 is 31.1 Å². The lowest BCUT2D eigenvalue weighted by molar-refractivity contribution is -0.113. The molecule has 2 aliphatic heterocycles. The van der Waals surface area contributed by atoms with E-state index in [4.69, 9.17) is 148 Å². The second-order valence-corrected chi connectivity index (χ2v) is 42.0. The van der Waals surface area contributed by atoms with E-state index in [1.807, 2.05) is 19.1 Å². The number of Topliss-reactive ketones (excluding diaryl/α,β-unsaturated/α-hetero) is 2. The average molecular weight is 2090 g/mol. The highest BCUT2D eigenvalue weighted by atomic mass is 35.5. The quantitative estimate of drug-likeness (QED) is 0.0181. The lowest BCUT2D eigenvalue weighted by Gasteiger charge is -2.36. The molecule has 0 aliphatic carbocycles. The van der Waals surface area contributed by atoms with E-state index in [9.17, 15) is 50.7 Å². The van der Waals surface area contributed by atoms with Crippen LogP contribution in [0, 0.1) is 0 Å². The molecule has 0 saturated carbocycles. The van der Waals surface area contributed by atoms with Gasteiger partial charge in [-0.25, -0.2) is 57.4 Å². The summed E-state index contributed by atoms with van der Waals surface area (Å²) >= 11 is 64.2. The van der Waals surface area contributed by atoms with Gasteiger partial charge in [0.1, 0.15) is 82.3 Å². The molecule has 8 heterocycles. The minimum atomic E-state index is -3.78. The Balaban J connectivity index is 0.000000199. The fraction of sp³-hybridized carbons (Fsp3) is 0.287. The Bertz CT molecular complexity index is 6210. The molecule has 0 bridgehead atoms. The Kier molecular flexibility index (Phi) is 37.3. The van der Waals surface area contributed by atoms with Crippen LogP contribution in [0.15, 0.2) is 236 Å². The number of carbonyl (C=O) groups excluding carboxylic acids is 6. The van der Waals surface area contributed by atoms with E-state index in [1.165, 1.54) is 31.0 Å². The normalized spacial score (nSPS) is 17.8. The summed E-state index contributed by atoms with van der Waals surface area (Å²) in [5, 5.41) is 23.8. The first-order chi connectivity index (χ1) is 62.2. The van der Waals surface area contributed by atoms with Gasteiger partial charge >= 0.3 is 28.5 Å². The molecule has 5 aromatic carbocycles. The summed E-state index contributed by atoms with van der Waals surface area (Å²) in [5.41, 5.74) is 4.42. The third-order valence-electron chi connectivity index (χ3n) is 20.2. The van der Waals surface area contributed by atoms with Crippen molar-refractivity contribution in [3.05, 3.63) is 349 Å². The topological polar surface area (TPSA) is 394 Å². The predicted octanol–water partition coefficient (Wildman–Crippen LogP) is 22.3. The minimum absolute atomic E-state index is 0.0216. The number of carbonyl (C=O) groups is 6. The number of aldehydes is 1. The van der Waals surface area contributed by atoms with Crippen LogP contribution in [-0.2, 0) is 72.5 Å². The van der Waals surface area contributed by atoms with Crippen molar-refractivity contribution >= 4 is 190 Å². The van der Waals surface area contributed by atoms with Gasteiger partial charge in [-0.3, -0.25) is 9.59 Å². The van der Waals surface area contributed by atoms with Crippen LogP contribution in [0.1, 0.15) is 187 Å². The van der Waals surface area contributed by atoms with Gasteiger partial charge in [0.2, 0.25) is 10.0 Å². The number of amides is 3. The van der Waals surface area contributed by atoms with Crippen LogP contribution in [-0.4, -0.2) is 116 Å². The molecule has 40 heteroatoms. The summed E-state index contributed by atoms with van der Waals surface area (Å²) < 4.78 is 73.2. The maximum atomic E-state index is 13.2. The van der Waals surface area contributed by atoms with E-state index in [1.54, 1.807) is 285 Å². The van der Waals surface area contributed by atoms with Gasteiger partial charge in [-0.15, -0.1) is 0 Å². The van der Waals surface area contributed by atoms with Crippen LogP contribution in [0.4, 0.5) is 14.4 Å². The zero-order valence-corrected chi connectivity index (χ0v) is 84.8. The third-order valence-corrected chi connectivity index (χ3v) is 25.4. The molecule has 8 atom stereocenters. The van der Waals surface area contributed by atoms with Crippen molar-refractivity contribution in [3.8, 4) is 0 Å². The Morgan fingerprint density at radius 1 is 0.433 bits per heavy atom. The molecule has 2 aliphatic rings. The highest BCUT2D eigenvalue weighted by molar-refractivity contribution is 7.89. The summed E-state index contributed by atoms with van der Waals surface area (Å²) in [5.74, 6) is -0.747. The van der Waals surface area contributed by atoms with Crippen molar-refractivity contribution in [2.24, 2.45) is 10.1 Å². The third kappa shape index (κ3) is 31.0. The molecule has 8 unspecified atom stereocenters. The summed E-state index contributed by atoms with van der Waals surface area (Å²) in [6.07, 6.45) is 6.58. The number of sulfonamides is 1. The van der Waals surface area contributed by atoms with E-state index in [0.717, 1.165) is 11.1 Å². The summed E-state index contributed by atoms with van der Waals surface area (Å²) in [6, 6.07) is 53.6. The first-order valence-electron chi connectivity index (χ1n) is 40.4. The van der Waals surface area contributed by atoms with Crippen molar-refractivity contribution in [3.63, 3.8) is 0 Å². The number of aliphatic hydroxyl groups excluding tert-OH is 1. The van der Waals surface area contributed by atoms with E-state index >= 15 is 0 Å². The number of benzene rings is 5. The SMILES string of the molecule is CC(C)(C)OC(=O)NC(C)(C(=O)c1ccc(Cl)cc1)c1ccc(Cl)nc1.CC(C)(C)OC(=O)NC(C)(C=O)c1ccc(Cl)nc1.CC(C)(C)OC(=O)NC(C)(c1ccc(Cl)nc1)C(O)c1ccc(Cl)cc1.CC(N)(C(=O)c1ccc(Cl)cc1)c1ccc(Cl)nc1.CC1(c2ccc(Cl)nc2)NS(=O)(=O)CC1c1ccc(Cl)cc1.CC1(c2ccc(Cl)nc2)NS(=O)(=O)N=C1c1ccc(Cl)cc1. The molecular weight excluding hydrogens is 1990 g/mol. The number of hydrogen-bond acceptors (Lipinski definition) is 21. The van der Waals surface area contributed by atoms with Gasteiger partial charge < -0.3 is 45.8 Å². The number of pyridine rings is 6. The summed E-state index contributed by atoms with van der Waals surface area (Å²) in [7, 11) is -7.14. The standard InChI is InChI=1S/C19H22Cl2N2O3.C19H20Cl2N2O3.C15H14Cl2N2O2S.C14H11Cl2N3O2S.C14H12Cl2N2O.C13H17ClN2O3/c2*1-18(2,3)26-17(25)23-19(4,13-7-10-15(21)22-11-13)16(24)12-5-8-14(20)9-6-12;1-15(11-4-7-14(17)18-8-11)13(9-22(20,21)19-15)10-2-5-12(16)6-3-10;1-14(10-4-7-12(16)17-8-10)13(18-22(20,21)19-14)9-2-5-11(15)6-3-9;1-14(17,10-4-7-12(16)18-8-10)13(19)9-2-5-11(15)6-3-9;1-12(2,3)19-11(18)16-13(4,8-17)9-5-6-10(14)15-7-9/h5-11,16,24H,1-4H3,(H,23,25);5-11H,1-4H3,(H,23,25);2-8,13,19H,9H2,1H3;2-8,19H,1H3;2-8H,17H2,1H3;5-8H,1-4H3,(H,16,18). The van der Waals surface area contributed by atoms with Crippen molar-refractivity contribution < 1.29 is 64.9 Å². The second-order valence-electron chi connectivity index (χ2n) is 34.4. The number of aliphatic hydroxyl groups is 1. The number of aromatic nitrogens is 6. The number of hydrogen-bond donors (Lipinski definition) is 7. The van der Waals surface area contributed by atoms with Gasteiger partial charge in [-0.1, -0.05) is 200 Å². The van der Waals surface area contributed by atoms with Crippen LogP contribution in [0.3, 0.4) is 0 Å². The van der Waals surface area contributed by atoms with Gasteiger partial charge in [0.25, 0.3) is 0 Å². The zero-order valence-electron chi connectivity index (χ0n) is 74.8. The second kappa shape index (κ2) is 45.6. The lowest BCUT2D eigenvalue weighted by atomic mass is 9.78. The fourth-order valence-electron chi connectivity index (χ4n) is 13.1. The van der Waals surface area contributed by atoms with E-state index in [-0.39, 0.29) is 28.4 Å². The Morgan fingerprint density at radius 2 is 0.784 bits per heavy atom. The van der Waals surface area contributed by atoms with Crippen LogP contribution in [0.2, 0.25) is 56.0 Å². The van der Waals surface area contributed by atoms with Crippen molar-refractivity contribution in [2.45, 2.75) is 166 Å². The van der Waals surface area contributed by atoms with Crippen LogP contribution in [0.5, 0.6) is 0 Å². The lowest BCUT2D eigenvalue weighted by Crippen LogP contribution is -2.51. The van der Waals surface area contributed by atoms with Gasteiger partial charge in [-0.05, 0) is 264 Å². The monoisotopic (exact) mass is 2080 g/mol. The molecule has 710 valence electrons. The summed E-state index contributed by atoms with van der Waals surface area (Å²) in [4.78, 5) is 97.4. The molecular formula is C94H96Cl11N13O14S2. The summed E-state index contributed by atoms with van der Waals surface area (Å²) in [6.45, 7) is 25.9. The average Bonchev–Trinajstić information content (AvgIpc) is 1.60. The molecule has 134 heavy (non-hydrogen) atoms. The maximum Gasteiger partial charge on any atom is 0.408 e. The molecule has 1 saturated heterocycles. The number of nitrogens with two attached hydrogens (primary N) is 1. The zero-order chi connectivity index (χ0) is 99.7. The first-order valence-corrected chi connectivity index (χ1v) is 47.7. The molecule has 8 N–H and O–H groups in total. The number of halogens is 11. The highest BCUT2D eigenvalue weighted by Gasteiger charge is 2.50. The number of nitrogens with zero attached hydrogens (tertiary/aromatic N) is 7. The number of ether oxygens (including phenoxy) is 3. The molecule has 1 fully saturated rings. The molecule has 11 aromatic rings. The number of nitrogens with one attached hydrogen (secondary N) is 5. The van der Waals surface area contributed by atoms with Gasteiger partial charge in [0.15, 0.2) is 11.6 Å². The molecule has 27 nitrogen and oxygen atoms in total. The predicted molar refractivity (Wildman–Crippen MR) is 527 cm³/mol. The van der Waals surface area contributed by atoms with Gasteiger partial charge in [0.05, 0.1) is 22.5 Å². The van der Waals surface area contributed by atoms with Crippen molar-refractivity contribution in [2.75, 3.05) is 5.75 Å². The number of alkyl carbamates (subject to hydrolysis) is 3. The fourth-order valence-corrected chi connectivity index (χ4v) is 17.7. The van der Waals surface area contributed by atoms with Crippen molar-refractivity contribution in [1.29, 1.82) is 0 Å². The largest absolute Gasteiger partial charge is 0.444 e. The molecule has 0 radical (unpaired) electrons. The van der Waals surface area contributed by atoms with Gasteiger partial charge in [-0.2, -0.15) is 17.5 Å². The first kappa shape index (κ1) is 110. The number of rotatable bonds is 18. The van der Waals surface area contributed by atoms with Crippen molar-refractivity contribution in [1.82, 2.24) is 55.3 Å². The minimum Gasteiger partial charge on any atom is -0.444 e. The van der Waals surface area contributed by atoms with E-state index < -0.39 is 94.7 Å². The van der Waals surface area contributed by atoms with E-state index in [2.05, 4.69) is 59.7 Å².